The largest absolute Gasteiger partial charge is 0.347 e. The number of nitrogens with zero attached hydrogens (tertiary/aromatic N) is 1. The first-order valence-electron chi connectivity index (χ1n) is 9.44. The van der Waals surface area contributed by atoms with Crippen LogP contribution in [0.25, 0.3) is 0 Å². The molecule has 1 aliphatic rings. The van der Waals surface area contributed by atoms with E-state index in [0.717, 1.165) is 11.6 Å². The fourth-order valence-electron chi connectivity index (χ4n) is 3.09. The SMILES string of the molecule is C=CC(=O)Nc1ccc2c(c1)C(=O)C(=O)N2Cc1ccc(C(=O)NC(C)(C)C)cc1. The Kier molecular flexibility index (Phi) is 5.56. The number of nitrogens with one attached hydrogen (secondary N) is 2. The molecule has 0 bridgehead atoms. The molecule has 7 nitrogen and oxygen atoms in total. The maximum absolute atomic E-state index is 12.5. The van der Waals surface area contributed by atoms with Crippen molar-refractivity contribution in [3.8, 4) is 0 Å². The molecule has 0 aromatic heterocycles. The molecule has 0 fully saturated rings. The maximum Gasteiger partial charge on any atom is 0.299 e. The van der Waals surface area contributed by atoms with Crippen molar-refractivity contribution < 1.29 is 19.2 Å². The van der Waals surface area contributed by atoms with Gasteiger partial charge in [0.15, 0.2) is 0 Å². The van der Waals surface area contributed by atoms with Crippen LogP contribution in [0.5, 0.6) is 0 Å². The van der Waals surface area contributed by atoms with Crippen LogP contribution in [0.2, 0.25) is 0 Å². The van der Waals surface area contributed by atoms with Crippen LogP contribution < -0.4 is 15.5 Å². The molecular weight excluding hydrogens is 382 g/mol. The average Bonchev–Trinajstić information content (AvgIpc) is 2.91. The molecule has 7 heteroatoms. The highest BCUT2D eigenvalue weighted by atomic mass is 16.2. The maximum atomic E-state index is 12.5. The second-order valence-electron chi connectivity index (χ2n) is 8.05. The van der Waals surface area contributed by atoms with Crippen molar-refractivity contribution in [1.82, 2.24) is 5.32 Å². The summed E-state index contributed by atoms with van der Waals surface area (Å²) in [5, 5.41) is 5.47. The number of Topliss-reactive ketones (excluding diaryl/α,β-unsaturated/α-hetero) is 1. The second-order valence-corrected chi connectivity index (χ2v) is 8.05. The fraction of sp³-hybridized carbons (Fsp3) is 0.217. The molecule has 0 saturated heterocycles. The number of amides is 3. The van der Waals surface area contributed by atoms with Crippen LogP contribution in [0.1, 0.15) is 47.1 Å². The monoisotopic (exact) mass is 405 g/mol. The summed E-state index contributed by atoms with van der Waals surface area (Å²) in [5.41, 5.74) is 2.09. The van der Waals surface area contributed by atoms with Crippen molar-refractivity contribution in [2.24, 2.45) is 0 Å². The van der Waals surface area contributed by atoms with Gasteiger partial charge in [0, 0.05) is 16.8 Å². The Labute approximate surface area is 174 Å². The van der Waals surface area contributed by atoms with E-state index < -0.39 is 17.6 Å². The van der Waals surface area contributed by atoms with Crippen LogP contribution in [0, 0.1) is 0 Å². The van der Waals surface area contributed by atoms with E-state index in [1.807, 2.05) is 20.8 Å². The molecule has 2 N–H and O–H groups in total. The molecule has 0 spiro atoms. The molecule has 2 aromatic rings. The number of benzene rings is 2. The summed E-state index contributed by atoms with van der Waals surface area (Å²) in [7, 11) is 0. The Hall–Kier alpha value is -3.74. The molecule has 1 heterocycles. The third-order valence-electron chi connectivity index (χ3n) is 4.47. The van der Waals surface area contributed by atoms with Gasteiger partial charge in [-0.25, -0.2) is 0 Å². The molecule has 0 atom stereocenters. The number of hydrogen-bond acceptors (Lipinski definition) is 4. The molecule has 3 amide bonds. The molecule has 3 rings (SSSR count). The van der Waals surface area contributed by atoms with Crippen LogP contribution in [0.15, 0.2) is 55.1 Å². The highest BCUT2D eigenvalue weighted by Gasteiger charge is 2.36. The predicted octanol–water partition coefficient (Wildman–Crippen LogP) is 3.07. The van der Waals surface area contributed by atoms with Crippen LogP contribution in [-0.4, -0.2) is 29.0 Å². The van der Waals surface area contributed by atoms with Gasteiger partial charge in [-0.3, -0.25) is 19.2 Å². The van der Waals surface area contributed by atoms with E-state index in [0.29, 0.717) is 16.9 Å². The standard InChI is InChI=1S/C23H23N3O4/c1-5-19(27)24-16-10-11-18-17(12-16)20(28)22(30)26(18)13-14-6-8-15(9-7-14)21(29)25-23(2,3)4/h5-12H,1,13H2,2-4H3,(H,24,27)(H,25,29). The molecule has 154 valence electrons. The molecule has 2 aromatic carbocycles. The van der Waals surface area contributed by atoms with Crippen molar-refractivity contribution in [2.75, 3.05) is 10.2 Å². The van der Waals surface area contributed by atoms with E-state index in [-0.39, 0.29) is 23.6 Å². The topological polar surface area (TPSA) is 95.6 Å². The zero-order valence-corrected chi connectivity index (χ0v) is 17.1. The van der Waals surface area contributed by atoms with Gasteiger partial charge in [0.25, 0.3) is 17.6 Å². The van der Waals surface area contributed by atoms with Gasteiger partial charge >= 0.3 is 0 Å². The van der Waals surface area contributed by atoms with Gasteiger partial charge in [0.05, 0.1) is 17.8 Å². The number of carbonyl (C=O) groups excluding carboxylic acids is 4. The lowest BCUT2D eigenvalue weighted by Gasteiger charge is -2.21. The number of carbonyl (C=O) groups is 4. The number of ketones is 1. The van der Waals surface area contributed by atoms with Crippen molar-refractivity contribution in [2.45, 2.75) is 32.9 Å². The first-order valence-corrected chi connectivity index (χ1v) is 9.44. The number of rotatable bonds is 5. The average molecular weight is 405 g/mol. The van der Waals surface area contributed by atoms with Gasteiger partial charge in [-0.2, -0.15) is 0 Å². The molecule has 0 radical (unpaired) electrons. The Bertz CT molecular complexity index is 1050. The van der Waals surface area contributed by atoms with Gasteiger partial charge in [-0.1, -0.05) is 18.7 Å². The summed E-state index contributed by atoms with van der Waals surface area (Å²) in [5.74, 6) is -1.84. The minimum absolute atomic E-state index is 0.180. The lowest BCUT2D eigenvalue weighted by Crippen LogP contribution is -2.40. The highest BCUT2D eigenvalue weighted by molar-refractivity contribution is 6.52. The Balaban J connectivity index is 1.79. The molecule has 0 aliphatic carbocycles. The summed E-state index contributed by atoms with van der Waals surface area (Å²) in [6.07, 6.45) is 1.12. The summed E-state index contributed by atoms with van der Waals surface area (Å²) in [6.45, 7) is 9.29. The fourth-order valence-corrected chi connectivity index (χ4v) is 3.09. The number of anilines is 2. The second kappa shape index (κ2) is 7.94. The van der Waals surface area contributed by atoms with Gasteiger partial charge in [0.1, 0.15) is 0 Å². The molecule has 0 saturated carbocycles. The molecular formula is C23H23N3O4. The van der Waals surface area contributed by atoms with Gasteiger partial charge in [0.2, 0.25) is 5.91 Å². The minimum Gasteiger partial charge on any atom is -0.347 e. The summed E-state index contributed by atoms with van der Waals surface area (Å²) in [6, 6.07) is 11.6. The Morgan fingerprint density at radius 1 is 1.07 bits per heavy atom. The van der Waals surface area contributed by atoms with E-state index in [1.54, 1.807) is 36.4 Å². The van der Waals surface area contributed by atoms with Crippen LogP contribution in [0.4, 0.5) is 11.4 Å². The Morgan fingerprint density at radius 2 is 1.73 bits per heavy atom. The molecule has 1 aliphatic heterocycles. The first kappa shape index (κ1) is 21.0. The summed E-state index contributed by atoms with van der Waals surface area (Å²) < 4.78 is 0. The third-order valence-corrected chi connectivity index (χ3v) is 4.47. The van der Waals surface area contributed by atoms with Crippen molar-refractivity contribution in [3.05, 3.63) is 71.8 Å². The van der Waals surface area contributed by atoms with E-state index in [4.69, 9.17) is 0 Å². The van der Waals surface area contributed by atoms with Crippen molar-refractivity contribution in [1.29, 1.82) is 0 Å². The van der Waals surface area contributed by atoms with Crippen LogP contribution in [-0.2, 0) is 16.1 Å². The quantitative estimate of drug-likeness (QED) is 0.590. The van der Waals surface area contributed by atoms with Crippen LogP contribution in [0.3, 0.4) is 0 Å². The van der Waals surface area contributed by atoms with Gasteiger partial charge < -0.3 is 15.5 Å². The Morgan fingerprint density at radius 3 is 2.33 bits per heavy atom. The molecule has 30 heavy (non-hydrogen) atoms. The van der Waals surface area contributed by atoms with Crippen LogP contribution >= 0.6 is 0 Å². The predicted molar refractivity (Wildman–Crippen MR) is 114 cm³/mol. The van der Waals surface area contributed by atoms with E-state index in [9.17, 15) is 19.2 Å². The van der Waals surface area contributed by atoms with Gasteiger partial charge in [-0.15, -0.1) is 0 Å². The highest BCUT2D eigenvalue weighted by Crippen LogP contribution is 2.32. The van der Waals surface area contributed by atoms with E-state index in [2.05, 4.69) is 17.2 Å². The third kappa shape index (κ3) is 4.46. The number of fused-ring (bicyclic) bond motifs is 1. The normalized spacial score (nSPS) is 13.1. The lowest BCUT2D eigenvalue weighted by atomic mass is 10.1. The van der Waals surface area contributed by atoms with E-state index in [1.165, 1.54) is 11.0 Å². The lowest BCUT2D eigenvalue weighted by molar-refractivity contribution is -0.114. The van der Waals surface area contributed by atoms with Gasteiger partial charge in [-0.05, 0) is 62.7 Å². The first-order chi connectivity index (χ1) is 14.1. The summed E-state index contributed by atoms with van der Waals surface area (Å²) in [4.78, 5) is 50.0. The number of hydrogen-bond donors (Lipinski definition) is 2. The zero-order chi connectivity index (χ0) is 22.1. The zero-order valence-electron chi connectivity index (χ0n) is 17.1. The summed E-state index contributed by atoms with van der Waals surface area (Å²) >= 11 is 0. The van der Waals surface area contributed by atoms with Crippen molar-refractivity contribution >= 4 is 34.9 Å². The minimum atomic E-state index is -0.633. The molecule has 0 unspecified atom stereocenters. The smallest absolute Gasteiger partial charge is 0.299 e. The van der Waals surface area contributed by atoms with E-state index >= 15 is 0 Å². The van der Waals surface area contributed by atoms with Crippen molar-refractivity contribution in [3.63, 3.8) is 0 Å².